The predicted molar refractivity (Wildman–Crippen MR) is 145 cm³/mol. The first-order valence-electron chi connectivity index (χ1n) is 11.7. The molecule has 0 aliphatic heterocycles. The number of pyridine rings is 1. The van der Waals surface area contributed by atoms with Gasteiger partial charge in [-0.2, -0.15) is 0 Å². The van der Waals surface area contributed by atoms with E-state index in [1.54, 1.807) is 0 Å². The van der Waals surface area contributed by atoms with Crippen LogP contribution in [-0.4, -0.2) is 31.4 Å². The van der Waals surface area contributed by atoms with Crippen molar-refractivity contribution in [2.24, 2.45) is 0 Å². The molecule has 0 unspecified atom stereocenters. The van der Waals surface area contributed by atoms with Crippen LogP contribution in [-0.2, 0) is 17.9 Å². The van der Waals surface area contributed by atoms with Gasteiger partial charge in [-0.3, -0.25) is 9.36 Å². The highest BCUT2D eigenvalue weighted by Crippen LogP contribution is 2.33. The number of aromatic nitrogens is 4. The number of hydrogen-bond donors (Lipinski definition) is 1. The number of nitrogens with zero attached hydrogens (tertiary/aromatic N) is 4. The van der Waals surface area contributed by atoms with E-state index in [0.29, 0.717) is 18.2 Å². The highest BCUT2D eigenvalue weighted by Gasteiger charge is 2.18. The van der Waals surface area contributed by atoms with E-state index in [2.05, 4.69) is 28.2 Å². The molecule has 0 saturated heterocycles. The van der Waals surface area contributed by atoms with Gasteiger partial charge in [0.2, 0.25) is 5.91 Å². The largest absolute Gasteiger partial charge is 0.351 e. The lowest BCUT2D eigenvalue weighted by molar-refractivity contribution is -0.118. The van der Waals surface area contributed by atoms with Crippen molar-refractivity contribution in [3.63, 3.8) is 0 Å². The standard InChI is InChI=1S/C29H25N5OS/c1-2-17-34-28(32-33-29(34)36-20-27(35)30-19-21-11-5-3-6-12-21)24-18-26(22-13-7-4-8-14-22)31-25-16-10-9-15-23(24)25/h2-16,18H,1,17,19-20H2,(H,30,35). The summed E-state index contributed by atoms with van der Waals surface area (Å²) in [5.74, 6) is 0.909. The van der Waals surface area contributed by atoms with Crippen LogP contribution < -0.4 is 5.32 Å². The van der Waals surface area contributed by atoms with E-state index < -0.39 is 0 Å². The minimum absolute atomic E-state index is 0.0562. The Morgan fingerprint density at radius 1 is 0.944 bits per heavy atom. The number of thioether (sulfide) groups is 1. The second-order valence-electron chi connectivity index (χ2n) is 8.19. The van der Waals surface area contributed by atoms with Crippen LogP contribution in [0.25, 0.3) is 33.5 Å². The smallest absolute Gasteiger partial charge is 0.230 e. The van der Waals surface area contributed by atoms with Crippen molar-refractivity contribution in [1.29, 1.82) is 0 Å². The Labute approximate surface area is 214 Å². The van der Waals surface area contributed by atoms with Crippen LogP contribution >= 0.6 is 11.8 Å². The van der Waals surface area contributed by atoms with Crippen molar-refractivity contribution in [2.75, 3.05) is 5.75 Å². The van der Waals surface area contributed by atoms with Crippen LogP contribution in [0.4, 0.5) is 0 Å². The van der Waals surface area contributed by atoms with E-state index in [0.717, 1.165) is 39.1 Å². The first-order chi connectivity index (χ1) is 17.7. The molecule has 0 spiro atoms. The van der Waals surface area contributed by atoms with Gasteiger partial charge in [0.05, 0.1) is 17.0 Å². The Morgan fingerprint density at radius 3 is 2.44 bits per heavy atom. The number of carbonyl (C=O) groups is 1. The molecule has 36 heavy (non-hydrogen) atoms. The van der Waals surface area contributed by atoms with Crippen molar-refractivity contribution >= 4 is 28.6 Å². The van der Waals surface area contributed by atoms with E-state index in [1.807, 2.05) is 95.6 Å². The Hall–Kier alpha value is -4.23. The number of nitrogens with one attached hydrogen (secondary N) is 1. The van der Waals surface area contributed by atoms with Gasteiger partial charge in [0.25, 0.3) is 0 Å². The number of allylic oxidation sites excluding steroid dienone is 1. The average Bonchev–Trinajstić information content (AvgIpc) is 3.33. The molecular weight excluding hydrogens is 466 g/mol. The van der Waals surface area contributed by atoms with Gasteiger partial charge in [-0.05, 0) is 17.7 Å². The molecule has 5 aromatic rings. The third-order valence-electron chi connectivity index (χ3n) is 5.72. The number of carbonyl (C=O) groups excluding carboxylic acids is 1. The second kappa shape index (κ2) is 11.0. The van der Waals surface area contributed by atoms with Crippen LogP contribution in [0.15, 0.2) is 109 Å². The number of fused-ring (bicyclic) bond motifs is 1. The molecule has 7 heteroatoms. The fraction of sp³-hybridized carbons (Fsp3) is 0.103. The van der Waals surface area contributed by atoms with Crippen molar-refractivity contribution < 1.29 is 4.79 Å². The molecule has 0 atom stereocenters. The van der Waals surface area contributed by atoms with Gasteiger partial charge < -0.3 is 5.32 Å². The molecule has 2 heterocycles. The number of benzene rings is 3. The Kier molecular flexibility index (Phi) is 7.19. The minimum Gasteiger partial charge on any atom is -0.351 e. The molecule has 178 valence electrons. The number of para-hydroxylation sites is 1. The molecule has 0 aliphatic rings. The Bertz CT molecular complexity index is 1500. The first kappa shape index (κ1) is 23.5. The summed E-state index contributed by atoms with van der Waals surface area (Å²) in [5, 5.41) is 13.6. The molecule has 0 saturated carbocycles. The third kappa shape index (κ3) is 5.21. The molecule has 6 nitrogen and oxygen atoms in total. The summed E-state index contributed by atoms with van der Waals surface area (Å²) < 4.78 is 2.00. The van der Waals surface area contributed by atoms with Crippen molar-refractivity contribution in [2.45, 2.75) is 18.2 Å². The van der Waals surface area contributed by atoms with Crippen molar-refractivity contribution in [1.82, 2.24) is 25.1 Å². The topological polar surface area (TPSA) is 72.7 Å². The van der Waals surface area contributed by atoms with E-state index >= 15 is 0 Å². The fourth-order valence-corrected chi connectivity index (χ4v) is 4.76. The third-order valence-corrected chi connectivity index (χ3v) is 6.69. The lowest BCUT2D eigenvalue weighted by Gasteiger charge is -2.12. The van der Waals surface area contributed by atoms with Crippen LogP contribution in [0.1, 0.15) is 5.56 Å². The zero-order valence-electron chi connectivity index (χ0n) is 19.7. The van der Waals surface area contributed by atoms with E-state index in [4.69, 9.17) is 4.98 Å². The summed E-state index contributed by atoms with van der Waals surface area (Å²) in [6.07, 6.45) is 1.81. The summed E-state index contributed by atoms with van der Waals surface area (Å²) in [7, 11) is 0. The molecule has 1 N–H and O–H groups in total. The summed E-state index contributed by atoms with van der Waals surface area (Å²) in [6, 6.07) is 30.0. The number of rotatable bonds is 9. The molecule has 0 bridgehead atoms. The molecule has 3 aromatic carbocycles. The molecule has 5 rings (SSSR count). The normalized spacial score (nSPS) is 10.9. The van der Waals surface area contributed by atoms with Gasteiger partial charge in [-0.25, -0.2) is 4.98 Å². The van der Waals surface area contributed by atoms with Crippen LogP contribution in [0, 0.1) is 0 Å². The van der Waals surface area contributed by atoms with E-state index in [1.165, 1.54) is 11.8 Å². The monoisotopic (exact) mass is 491 g/mol. The van der Waals surface area contributed by atoms with Crippen LogP contribution in [0.5, 0.6) is 0 Å². The molecule has 0 fully saturated rings. The van der Waals surface area contributed by atoms with Gasteiger partial charge in [-0.1, -0.05) is 96.7 Å². The maximum atomic E-state index is 12.5. The highest BCUT2D eigenvalue weighted by atomic mass is 32.2. The fourth-order valence-electron chi connectivity index (χ4n) is 3.98. The van der Waals surface area contributed by atoms with Gasteiger partial charge in [0.15, 0.2) is 11.0 Å². The van der Waals surface area contributed by atoms with E-state index in [-0.39, 0.29) is 11.7 Å². The summed E-state index contributed by atoms with van der Waals surface area (Å²) in [5.41, 5.74) is 4.79. The summed E-state index contributed by atoms with van der Waals surface area (Å²) in [4.78, 5) is 17.4. The van der Waals surface area contributed by atoms with Crippen LogP contribution in [0.3, 0.4) is 0 Å². The van der Waals surface area contributed by atoms with Crippen molar-refractivity contribution in [3.8, 4) is 22.6 Å². The second-order valence-corrected chi connectivity index (χ2v) is 9.14. The van der Waals surface area contributed by atoms with Gasteiger partial charge in [0, 0.05) is 29.6 Å². The number of amides is 1. The zero-order valence-corrected chi connectivity index (χ0v) is 20.5. The Morgan fingerprint density at radius 2 is 1.67 bits per heavy atom. The van der Waals surface area contributed by atoms with E-state index in [9.17, 15) is 4.79 Å². The molecule has 1 amide bonds. The number of hydrogen-bond acceptors (Lipinski definition) is 5. The zero-order chi connectivity index (χ0) is 24.7. The lowest BCUT2D eigenvalue weighted by atomic mass is 10.0. The SMILES string of the molecule is C=CCn1c(SCC(=O)NCc2ccccc2)nnc1-c1cc(-c2ccccc2)nc2ccccc12. The maximum absolute atomic E-state index is 12.5. The van der Waals surface area contributed by atoms with Crippen LogP contribution in [0.2, 0.25) is 0 Å². The quantitative estimate of drug-likeness (QED) is 0.210. The lowest BCUT2D eigenvalue weighted by Crippen LogP contribution is -2.24. The Balaban J connectivity index is 1.44. The maximum Gasteiger partial charge on any atom is 0.230 e. The van der Waals surface area contributed by atoms with Gasteiger partial charge in [0.1, 0.15) is 0 Å². The average molecular weight is 492 g/mol. The molecule has 0 aliphatic carbocycles. The highest BCUT2D eigenvalue weighted by molar-refractivity contribution is 7.99. The molecular formula is C29H25N5OS. The predicted octanol–water partition coefficient (Wildman–Crippen LogP) is 5.75. The van der Waals surface area contributed by atoms with Gasteiger partial charge in [-0.15, -0.1) is 16.8 Å². The summed E-state index contributed by atoms with van der Waals surface area (Å²) in [6.45, 7) is 4.94. The first-order valence-corrected chi connectivity index (χ1v) is 12.6. The summed E-state index contributed by atoms with van der Waals surface area (Å²) >= 11 is 1.37. The molecule has 2 aromatic heterocycles. The molecule has 0 radical (unpaired) electrons. The van der Waals surface area contributed by atoms with Crippen molar-refractivity contribution in [3.05, 3.63) is 109 Å². The minimum atomic E-state index is -0.0562. The van der Waals surface area contributed by atoms with Gasteiger partial charge >= 0.3 is 0 Å².